The molecule has 2 rings (SSSR count). The van der Waals surface area contributed by atoms with Crippen molar-refractivity contribution >= 4 is 12.4 Å². The third-order valence-electron chi connectivity index (χ3n) is 1.74. The van der Waals surface area contributed by atoms with E-state index in [1.807, 2.05) is 7.05 Å². The maximum Gasteiger partial charge on any atom is 0.164 e. The molecular formula is C11H20N2+2. The van der Waals surface area contributed by atoms with Crippen LogP contribution in [0.3, 0.4) is 0 Å². The maximum atomic E-state index is 2.12. The van der Waals surface area contributed by atoms with Gasteiger partial charge in [-0.05, 0) is 12.2 Å². The average molecular weight is 180 g/mol. The van der Waals surface area contributed by atoms with Gasteiger partial charge in [0, 0.05) is 12.5 Å². The summed E-state index contributed by atoms with van der Waals surface area (Å²) in [6.45, 7) is 1.08. The van der Waals surface area contributed by atoms with E-state index in [1.165, 1.54) is 0 Å². The summed E-state index contributed by atoms with van der Waals surface area (Å²) >= 11 is 0. The Morgan fingerprint density at radius 1 is 1.15 bits per heavy atom. The lowest BCUT2D eigenvalue weighted by Crippen LogP contribution is -1.98. The van der Waals surface area contributed by atoms with Crippen LogP contribution >= 0.6 is 0 Å². The summed E-state index contributed by atoms with van der Waals surface area (Å²) in [6.07, 6.45) is 13.6. The summed E-state index contributed by atoms with van der Waals surface area (Å²) in [5.74, 6) is 0. The summed E-state index contributed by atoms with van der Waals surface area (Å²) in [7, 11) is 4.09. The van der Waals surface area contributed by atoms with Crippen LogP contribution < -0.4 is 0 Å². The van der Waals surface area contributed by atoms with Gasteiger partial charge in [0.1, 0.15) is 20.3 Å². The molecule has 0 saturated carbocycles. The number of hydrogen-bond donors (Lipinski definition) is 0. The molecule has 0 aromatic rings. The van der Waals surface area contributed by atoms with Crippen LogP contribution in [-0.4, -0.2) is 42.2 Å². The number of rotatable bonds is 0. The average Bonchev–Trinajstić information content (AvgIpc) is 2.63. The van der Waals surface area contributed by atoms with Crippen molar-refractivity contribution in [2.45, 2.75) is 13.8 Å². The fourth-order valence-corrected chi connectivity index (χ4v) is 1.01. The van der Waals surface area contributed by atoms with Crippen LogP contribution in [0.5, 0.6) is 0 Å². The van der Waals surface area contributed by atoms with Crippen molar-refractivity contribution in [3.63, 3.8) is 0 Å². The summed E-state index contributed by atoms with van der Waals surface area (Å²) in [4.78, 5) is 0. The van der Waals surface area contributed by atoms with Crippen LogP contribution in [0.25, 0.3) is 0 Å². The van der Waals surface area contributed by atoms with Gasteiger partial charge in [-0.15, -0.1) is 0 Å². The first-order valence-corrected chi connectivity index (χ1v) is 4.21. The Balaban J connectivity index is 0.000000206. The van der Waals surface area contributed by atoms with E-state index < -0.39 is 0 Å². The van der Waals surface area contributed by atoms with E-state index in [-0.39, 0.29) is 7.43 Å². The van der Waals surface area contributed by atoms with Gasteiger partial charge < -0.3 is 0 Å². The molecule has 72 valence electrons. The molecule has 0 N–H and O–H groups in total. The molecular weight excluding hydrogens is 160 g/mol. The summed E-state index contributed by atoms with van der Waals surface area (Å²) in [5, 5.41) is 0. The Labute approximate surface area is 81.2 Å². The van der Waals surface area contributed by atoms with Crippen molar-refractivity contribution in [3.05, 3.63) is 24.4 Å². The van der Waals surface area contributed by atoms with Crippen molar-refractivity contribution in [1.82, 2.24) is 0 Å². The van der Waals surface area contributed by atoms with Gasteiger partial charge in [-0.1, -0.05) is 7.43 Å². The van der Waals surface area contributed by atoms with Crippen molar-refractivity contribution in [2.75, 3.05) is 20.6 Å². The van der Waals surface area contributed by atoms with Crippen LogP contribution in [0.2, 0.25) is 0 Å². The molecule has 0 radical (unpaired) electrons. The topological polar surface area (TPSA) is 6.02 Å². The highest BCUT2D eigenvalue weighted by molar-refractivity contribution is 5.67. The van der Waals surface area contributed by atoms with Gasteiger partial charge in [0.2, 0.25) is 0 Å². The number of allylic oxidation sites excluding steroid dienone is 2. The normalized spacial score (nSPS) is 17.1. The molecule has 0 unspecified atom stereocenters. The van der Waals surface area contributed by atoms with Crippen LogP contribution in [0.4, 0.5) is 0 Å². The zero-order chi connectivity index (χ0) is 8.81. The zero-order valence-electron chi connectivity index (χ0n) is 7.77. The Kier molecular flexibility index (Phi) is 5.77. The molecule has 0 amide bonds. The largest absolute Gasteiger partial charge is 0.235 e. The van der Waals surface area contributed by atoms with Crippen molar-refractivity contribution in [3.8, 4) is 0 Å². The minimum Gasteiger partial charge on any atom is -0.235 e. The Bertz CT molecular complexity index is 255. The van der Waals surface area contributed by atoms with Crippen molar-refractivity contribution < 1.29 is 9.15 Å². The van der Waals surface area contributed by atoms with E-state index in [1.54, 1.807) is 0 Å². The molecule has 0 aromatic heterocycles. The van der Waals surface area contributed by atoms with Crippen LogP contribution in [0.1, 0.15) is 13.8 Å². The number of hydrogen-bond acceptors (Lipinski definition) is 0. The lowest BCUT2D eigenvalue weighted by Gasteiger charge is -1.76. The standard InChI is InChI=1S/2C5H8N.CH4/c2*1-6-4-2-3-5-6;/h2,4-5H,3H2,1H3;2-4H,5H2,1H3;1H4/q2*+1;. The van der Waals surface area contributed by atoms with Crippen molar-refractivity contribution in [2.24, 2.45) is 0 Å². The molecule has 0 spiro atoms. The van der Waals surface area contributed by atoms with E-state index in [4.69, 9.17) is 0 Å². The smallest absolute Gasteiger partial charge is 0.164 e. The maximum absolute atomic E-state index is 2.12. The molecule has 0 atom stereocenters. The Hall–Kier alpha value is -1.18. The molecule has 0 aromatic carbocycles. The number of likely N-dealkylation sites (N-methyl/N-ethyl adjacent to an activating group) is 1. The van der Waals surface area contributed by atoms with E-state index in [2.05, 4.69) is 53.1 Å². The fraction of sp³-hybridized carbons (Fsp3) is 0.455. The predicted octanol–water partition coefficient (Wildman–Crippen LogP) is 1.52. The predicted molar refractivity (Wildman–Crippen MR) is 59.0 cm³/mol. The highest BCUT2D eigenvalue weighted by Gasteiger charge is 1.92. The van der Waals surface area contributed by atoms with E-state index >= 15 is 0 Å². The third kappa shape index (κ3) is 5.12. The Morgan fingerprint density at radius 2 is 1.92 bits per heavy atom. The SMILES string of the molecule is C.C[N+]1=CC=CC1.C[N+]1=CCC=C1. The van der Waals surface area contributed by atoms with Gasteiger partial charge in [0.25, 0.3) is 0 Å². The molecule has 0 aliphatic carbocycles. The van der Waals surface area contributed by atoms with Gasteiger partial charge in [0.15, 0.2) is 19.0 Å². The lowest BCUT2D eigenvalue weighted by molar-refractivity contribution is -0.477. The van der Waals surface area contributed by atoms with Gasteiger partial charge in [-0.2, -0.15) is 0 Å². The van der Waals surface area contributed by atoms with E-state index in [0.717, 1.165) is 13.0 Å². The monoisotopic (exact) mass is 180 g/mol. The molecule has 0 fully saturated rings. The minimum atomic E-state index is 0. The first-order valence-electron chi connectivity index (χ1n) is 4.21. The highest BCUT2D eigenvalue weighted by Crippen LogP contribution is 1.85. The van der Waals surface area contributed by atoms with Crippen molar-refractivity contribution in [1.29, 1.82) is 0 Å². The molecule has 2 nitrogen and oxygen atoms in total. The van der Waals surface area contributed by atoms with Gasteiger partial charge in [-0.3, -0.25) is 0 Å². The van der Waals surface area contributed by atoms with E-state index in [0.29, 0.717) is 0 Å². The molecule has 0 saturated heterocycles. The van der Waals surface area contributed by atoms with Gasteiger partial charge in [-0.25, -0.2) is 9.15 Å². The lowest BCUT2D eigenvalue weighted by atomic mass is 10.5. The van der Waals surface area contributed by atoms with Crippen LogP contribution in [-0.2, 0) is 0 Å². The second-order valence-corrected chi connectivity index (χ2v) is 2.99. The first-order chi connectivity index (χ1) is 5.79. The fourth-order valence-electron chi connectivity index (χ4n) is 1.01. The summed E-state index contributed by atoms with van der Waals surface area (Å²) in [5.41, 5.74) is 0. The van der Waals surface area contributed by atoms with E-state index in [9.17, 15) is 0 Å². The summed E-state index contributed by atoms with van der Waals surface area (Å²) < 4.78 is 4.18. The Morgan fingerprint density at radius 3 is 2.08 bits per heavy atom. The third-order valence-corrected chi connectivity index (χ3v) is 1.74. The quantitative estimate of drug-likeness (QED) is 0.499. The molecule has 2 aliphatic rings. The first kappa shape index (κ1) is 11.8. The van der Waals surface area contributed by atoms with Gasteiger partial charge in [0.05, 0.1) is 0 Å². The summed E-state index contributed by atoms with van der Waals surface area (Å²) in [6, 6.07) is 0. The molecule has 2 heteroatoms. The highest BCUT2D eigenvalue weighted by atomic mass is 15.0. The number of nitrogens with zero attached hydrogens (tertiary/aromatic N) is 2. The minimum absolute atomic E-state index is 0. The molecule has 0 bridgehead atoms. The molecule has 2 aliphatic heterocycles. The van der Waals surface area contributed by atoms with Crippen LogP contribution in [0.15, 0.2) is 24.4 Å². The molecule has 2 heterocycles. The second kappa shape index (κ2) is 6.35. The second-order valence-electron chi connectivity index (χ2n) is 2.99. The van der Waals surface area contributed by atoms with Gasteiger partial charge >= 0.3 is 0 Å². The molecule has 13 heavy (non-hydrogen) atoms. The zero-order valence-corrected chi connectivity index (χ0v) is 7.77. The van der Waals surface area contributed by atoms with Crippen LogP contribution in [0, 0.1) is 0 Å².